The minimum Gasteiger partial charge on any atom is -0.465 e. The predicted molar refractivity (Wildman–Crippen MR) is 106 cm³/mol. The van der Waals surface area contributed by atoms with E-state index < -0.39 is 23.3 Å². The van der Waals surface area contributed by atoms with Gasteiger partial charge in [0.05, 0.1) is 6.04 Å². The Morgan fingerprint density at radius 2 is 1.83 bits per heavy atom. The number of amides is 1. The van der Waals surface area contributed by atoms with Gasteiger partial charge in [-0.15, -0.1) is 0 Å². The first-order valence-corrected chi connectivity index (χ1v) is 9.66. The largest absolute Gasteiger partial charge is 0.465 e. The van der Waals surface area contributed by atoms with Crippen LogP contribution in [0.25, 0.3) is 0 Å². The fourth-order valence-corrected chi connectivity index (χ4v) is 4.08. The van der Waals surface area contributed by atoms with Gasteiger partial charge in [-0.25, -0.2) is 23.5 Å². The molecule has 1 amide bonds. The van der Waals surface area contributed by atoms with E-state index in [0.29, 0.717) is 37.4 Å². The molecular weight excluding hydrogens is 378 g/mol. The van der Waals surface area contributed by atoms with Crippen molar-refractivity contribution in [1.82, 2.24) is 14.9 Å². The fraction of sp³-hybridized carbons (Fsp3) is 0.476. The van der Waals surface area contributed by atoms with Gasteiger partial charge >= 0.3 is 6.09 Å². The summed E-state index contributed by atoms with van der Waals surface area (Å²) >= 11 is 0. The maximum absolute atomic E-state index is 14.5. The smallest absolute Gasteiger partial charge is 0.408 e. The molecule has 8 heteroatoms. The zero-order chi connectivity index (χ0) is 21.2. The van der Waals surface area contributed by atoms with Gasteiger partial charge in [0.25, 0.3) is 0 Å². The maximum atomic E-state index is 14.5. The van der Waals surface area contributed by atoms with Crippen LogP contribution in [-0.4, -0.2) is 50.7 Å². The Labute approximate surface area is 169 Å². The third-order valence-corrected chi connectivity index (χ3v) is 5.27. The van der Waals surface area contributed by atoms with Gasteiger partial charge in [0.1, 0.15) is 0 Å². The van der Waals surface area contributed by atoms with E-state index in [4.69, 9.17) is 0 Å². The lowest BCUT2D eigenvalue weighted by Crippen LogP contribution is -2.54. The summed E-state index contributed by atoms with van der Waals surface area (Å²) in [5.41, 5.74) is -0.312. The number of rotatable bonds is 3. The first-order chi connectivity index (χ1) is 13.7. The van der Waals surface area contributed by atoms with E-state index in [9.17, 15) is 18.7 Å². The first-order valence-electron chi connectivity index (χ1n) is 9.66. The molecule has 0 radical (unpaired) electrons. The lowest BCUT2D eigenvalue weighted by atomic mass is 9.92. The van der Waals surface area contributed by atoms with Crippen molar-refractivity contribution in [3.8, 4) is 0 Å². The van der Waals surface area contributed by atoms with Crippen LogP contribution in [0.2, 0.25) is 0 Å². The second kappa shape index (κ2) is 8.31. The lowest BCUT2D eigenvalue weighted by molar-refractivity contribution is 0.0697. The molecule has 1 aliphatic heterocycles. The van der Waals surface area contributed by atoms with Gasteiger partial charge in [-0.3, -0.25) is 4.90 Å². The molecule has 0 aliphatic carbocycles. The van der Waals surface area contributed by atoms with Gasteiger partial charge in [0.2, 0.25) is 5.95 Å². The summed E-state index contributed by atoms with van der Waals surface area (Å²) < 4.78 is 28.3. The average Bonchev–Trinajstić information content (AvgIpc) is 2.86. The summed E-state index contributed by atoms with van der Waals surface area (Å²) in [5, 5.41) is 9.84. The summed E-state index contributed by atoms with van der Waals surface area (Å²) in [4.78, 5) is 23.9. The van der Waals surface area contributed by atoms with E-state index >= 15 is 0 Å². The number of anilines is 1. The Morgan fingerprint density at radius 1 is 1.14 bits per heavy atom. The van der Waals surface area contributed by atoms with Crippen LogP contribution in [-0.2, 0) is 0 Å². The topological polar surface area (TPSA) is 69.6 Å². The molecule has 1 saturated heterocycles. The van der Waals surface area contributed by atoms with Crippen LogP contribution >= 0.6 is 0 Å². The number of hydrogen-bond donors (Lipinski definition) is 1. The molecule has 29 heavy (non-hydrogen) atoms. The van der Waals surface area contributed by atoms with Crippen LogP contribution in [0.3, 0.4) is 0 Å². The Hall–Kier alpha value is -2.77. The molecule has 156 valence electrons. The van der Waals surface area contributed by atoms with Crippen molar-refractivity contribution in [3.63, 3.8) is 0 Å². The van der Waals surface area contributed by atoms with Gasteiger partial charge < -0.3 is 10.0 Å². The molecule has 2 heterocycles. The van der Waals surface area contributed by atoms with Gasteiger partial charge in [-0.2, -0.15) is 0 Å². The van der Waals surface area contributed by atoms with E-state index in [-0.39, 0.29) is 12.0 Å². The van der Waals surface area contributed by atoms with Crippen LogP contribution < -0.4 is 4.90 Å². The summed E-state index contributed by atoms with van der Waals surface area (Å²) in [7, 11) is 0. The molecule has 0 bridgehead atoms. The number of carboxylic acid groups (broad SMARTS) is 1. The molecule has 1 fully saturated rings. The highest BCUT2D eigenvalue weighted by atomic mass is 19.2. The van der Waals surface area contributed by atoms with Crippen LogP contribution in [0.4, 0.5) is 19.5 Å². The van der Waals surface area contributed by atoms with Crippen LogP contribution in [0.1, 0.15) is 45.1 Å². The Morgan fingerprint density at radius 3 is 2.45 bits per heavy atom. The predicted octanol–water partition coefficient (Wildman–Crippen LogP) is 4.29. The van der Waals surface area contributed by atoms with Gasteiger partial charge in [-0.1, -0.05) is 12.1 Å². The Balaban J connectivity index is 1.99. The number of aromatic nitrogens is 2. The van der Waals surface area contributed by atoms with Crippen LogP contribution in [0, 0.1) is 11.6 Å². The molecule has 0 spiro atoms. The number of halogens is 2. The summed E-state index contributed by atoms with van der Waals surface area (Å²) in [6.45, 7) is 6.29. The Kier molecular flexibility index (Phi) is 6.00. The van der Waals surface area contributed by atoms with Crippen LogP contribution in [0.5, 0.6) is 0 Å². The molecule has 2 aromatic rings. The van der Waals surface area contributed by atoms with Crippen LogP contribution in [0.15, 0.2) is 36.7 Å². The lowest BCUT2D eigenvalue weighted by Gasteiger charge is -2.40. The maximum Gasteiger partial charge on any atom is 0.408 e. The molecule has 3 rings (SSSR count). The molecule has 0 unspecified atom stereocenters. The Bertz CT molecular complexity index is 858. The minimum atomic E-state index is -1.01. The number of carbonyl (C=O) groups is 1. The molecule has 1 aromatic heterocycles. The molecule has 0 saturated carbocycles. The third-order valence-electron chi connectivity index (χ3n) is 5.27. The van der Waals surface area contributed by atoms with E-state index in [1.807, 2.05) is 25.7 Å². The minimum absolute atomic E-state index is 0.296. The zero-order valence-electron chi connectivity index (χ0n) is 16.8. The standard InChI is InChI=1S/C21H26F2N4O2/c1-21(2,3)27(20(28)29)15-9-8-14(16-6-4-7-17(22)18(16)23)12-26(13-15)19-24-10-5-11-25-19/h4-7,10-11,14-15H,8-9,12-13H2,1-3H3,(H,28,29)/t14-,15-/m1/s1. The van der Waals surface area contributed by atoms with E-state index in [1.54, 1.807) is 24.5 Å². The monoisotopic (exact) mass is 404 g/mol. The summed E-state index contributed by atoms with van der Waals surface area (Å²) in [6, 6.07) is 5.55. The number of hydrogen-bond acceptors (Lipinski definition) is 4. The number of benzene rings is 1. The highest BCUT2D eigenvalue weighted by Gasteiger charge is 2.37. The highest BCUT2D eigenvalue weighted by molar-refractivity contribution is 5.66. The molecule has 2 atom stereocenters. The van der Waals surface area contributed by atoms with Gasteiger partial charge in [0, 0.05) is 36.9 Å². The van der Waals surface area contributed by atoms with E-state index in [2.05, 4.69) is 9.97 Å². The molecular formula is C21H26F2N4O2. The first kappa shape index (κ1) is 21.0. The zero-order valence-corrected chi connectivity index (χ0v) is 16.8. The highest BCUT2D eigenvalue weighted by Crippen LogP contribution is 2.33. The molecule has 1 N–H and O–H groups in total. The fourth-order valence-electron chi connectivity index (χ4n) is 4.08. The van der Waals surface area contributed by atoms with E-state index in [0.717, 1.165) is 6.07 Å². The SMILES string of the molecule is CC(C)(C)N(C(=O)O)[C@@H]1CC[C@@H](c2cccc(F)c2F)CN(c2ncccn2)C1. The molecule has 6 nitrogen and oxygen atoms in total. The summed E-state index contributed by atoms with van der Waals surface area (Å²) in [6.07, 6.45) is 3.26. The van der Waals surface area contributed by atoms with E-state index in [1.165, 1.54) is 11.0 Å². The van der Waals surface area contributed by atoms with Crippen molar-refractivity contribution in [2.75, 3.05) is 18.0 Å². The van der Waals surface area contributed by atoms with Crippen molar-refractivity contribution < 1.29 is 18.7 Å². The average molecular weight is 404 g/mol. The van der Waals surface area contributed by atoms with Crippen molar-refractivity contribution in [3.05, 3.63) is 53.9 Å². The van der Waals surface area contributed by atoms with Crippen molar-refractivity contribution in [2.45, 2.75) is 51.1 Å². The second-order valence-corrected chi connectivity index (χ2v) is 8.35. The second-order valence-electron chi connectivity index (χ2n) is 8.35. The van der Waals surface area contributed by atoms with Crippen molar-refractivity contribution in [2.24, 2.45) is 0 Å². The summed E-state index contributed by atoms with van der Waals surface area (Å²) in [5.74, 6) is -1.60. The molecule has 1 aromatic carbocycles. The molecule has 1 aliphatic rings. The normalized spacial score (nSPS) is 20.2. The quantitative estimate of drug-likeness (QED) is 0.827. The van der Waals surface area contributed by atoms with Crippen molar-refractivity contribution >= 4 is 12.0 Å². The number of nitrogens with zero attached hydrogens (tertiary/aromatic N) is 4. The van der Waals surface area contributed by atoms with Gasteiger partial charge in [-0.05, 0) is 51.3 Å². The van der Waals surface area contributed by atoms with Gasteiger partial charge in [0.15, 0.2) is 11.6 Å². The van der Waals surface area contributed by atoms with Crippen molar-refractivity contribution in [1.29, 1.82) is 0 Å². The third kappa shape index (κ3) is 4.63.